The third kappa shape index (κ3) is 4.21. The van der Waals surface area contributed by atoms with Crippen molar-refractivity contribution in [2.24, 2.45) is 5.92 Å². The summed E-state index contributed by atoms with van der Waals surface area (Å²) in [5.41, 5.74) is 0. The summed E-state index contributed by atoms with van der Waals surface area (Å²) in [4.78, 5) is 6.83. The molecule has 0 radical (unpaired) electrons. The van der Waals surface area contributed by atoms with Crippen molar-refractivity contribution in [2.45, 2.75) is 25.8 Å². The number of hydrogen-bond donors (Lipinski definition) is 1. The Morgan fingerprint density at radius 2 is 2.24 bits per heavy atom. The zero-order valence-electron chi connectivity index (χ0n) is 10.6. The molecule has 3 nitrogen and oxygen atoms in total. The normalized spacial score (nSPS) is 19.0. The average molecular weight is 276 g/mol. The molecule has 0 aliphatic carbocycles. The first-order valence-corrected chi connectivity index (χ1v) is 6.95. The molecule has 1 aliphatic heterocycles. The summed E-state index contributed by atoms with van der Waals surface area (Å²) in [6, 6.07) is 0.454. The molecule has 1 atom stereocenters. The lowest BCUT2D eigenvalue weighted by molar-refractivity contribution is 0.196. The van der Waals surface area contributed by atoms with E-state index in [0.717, 1.165) is 5.92 Å². The van der Waals surface area contributed by atoms with Gasteiger partial charge >= 0.3 is 0 Å². The summed E-state index contributed by atoms with van der Waals surface area (Å²) in [6.07, 6.45) is 4.53. The molecule has 0 spiro atoms. The van der Waals surface area contributed by atoms with Crippen molar-refractivity contribution in [3.05, 3.63) is 16.6 Å². The molecule has 0 amide bonds. The van der Waals surface area contributed by atoms with Crippen LogP contribution in [0.4, 0.5) is 0 Å². The molecule has 1 aliphatic rings. The Labute approximate surface area is 114 Å². The van der Waals surface area contributed by atoms with Gasteiger partial charge in [-0.05, 0) is 45.8 Å². The van der Waals surface area contributed by atoms with Crippen LogP contribution in [0.25, 0.3) is 0 Å². The van der Waals surface area contributed by atoms with E-state index in [1.807, 2.05) is 6.20 Å². The molecule has 1 aromatic rings. The van der Waals surface area contributed by atoms with Crippen molar-refractivity contribution in [2.75, 3.05) is 26.7 Å². The van der Waals surface area contributed by atoms with Crippen LogP contribution in [-0.4, -0.2) is 36.6 Å². The van der Waals surface area contributed by atoms with E-state index < -0.39 is 0 Å². The average Bonchev–Trinajstić information content (AvgIpc) is 2.83. The summed E-state index contributed by atoms with van der Waals surface area (Å²) in [7, 11) is 2.22. The summed E-state index contributed by atoms with van der Waals surface area (Å²) in [5.74, 6) is 0.855. The Morgan fingerprint density at radius 3 is 2.82 bits per heavy atom. The van der Waals surface area contributed by atoms with Gasteiger partial charge in [-0.1, -0.05) is 0 Å². The molecule has 1 aromatic heterocycles. The molecule has 17 heavy (non-hydrogen) atoms. The van der Waals surface area contributed by atoms with Crippen LogP contribution in [0.1, 0.15) is 30.8 Å². The Morgan fingerprint density at radius 1 is 1.53 bits per heavy atom. The maximum atomic E-state index is 4.39. The third-order valence-electron chi connectivity index (χ3n) is 3.47. The molecule has 0 aromatic carbocycles. The van der Waals surface area contributed by atoms with Crippen molar-refractivity contribution in [1.29, 1.82) is 0 Å². The number of nitrogens with one attached hydrogen (secondary N) is 1. The Kier molecular flexibility index (Phi) is 6.41. The monoisotopic (exact) mass is 275 g/mol. The Hall–Kier alpha value is -0.160. The van der Waals surface area contributed by atoms with Gasteiger partial charge in [0.05, 0.1) is 6.04 Å². The summed E-state index contributed by atoms with van der Waals surface area (Å²) < 4.78 is 0. The highest BCUT2D eigenvalue weighted by atomic mass is 35.5. The third-order valence-corrected chi connectivity index (χ3v) is 4.42. The summed E-state index contributed by atoms with van der Waals surface area (Å²) >= 11 is 1.76. The van der Waals surface area contributed by atoms with E-state index in [1.165, 1.54) is 37.5 Å². The van der Waals surface area contributed by atoms with Gasteiger partial charge in [0.2, 0.25) is 0 Å². The van der Waals surface area contributed by atoms with E-state index in [4.69, 9.17) is 0 Å². The van der Waals surface area contributed by atoms with Crippen LogP contribution in [-0.2, 0) is 0 Å². The van der Waals surface area contributed by atoms with E-state index in [2.05, 4.69) is 34.6 Å². The number of halogens is 1. The molecule has 5 heteroatoms. The first-order valence-electron chi connectivity index (χ1n) is 6.07. The van der Waals surface area contributed by atoms with Crippen LogP contribution < -0.4 is 5.32 Å². The van der Waals surface area contributed by atoms with Gasteiger partial charge in [0.15, 0.2) is 0 Å². The van der Waals surface area contributed by atoms with Crippen molar-refractivity contribution in [3.63, 3.8) is 0 Å². The quantitative estimate of drug-likeness (QED) is 0.915. The van der Waals surface area contributed by atoms with Crippen LogP contribution in [0.5, 0.6) is 0 Å². The second-order valence-corrected chi connectivity index (χ2v) is 5.61. The van der Waals surface area contributed by atoms with E-state index in [1.54, 1.807) is 11.3 Å². The molecule has 1 saturated heterocycles. The fraction of sp³-hybridized carbons (Fsp3) is 0.750. The zero-order valence-corrected chi connectivity index (χ0v) is 12.2. The number of aromatic nitrogens is 1. The van der Waals surface area contributed by atoms with Gasteiger partial charge in [0.25, 0.3) is 0 Å². The maximum absolute atomic E-state index is 4.39. The zero-order chi connectivity index (χ0) is 11.4. The van der Waals surface area contributed by atoms with Gasteiger partial charge in [0.1, 0.15) is 5.01 Å². The largest absolute Gasteiger partial charge is 0.317 e. The standard InChI is InChI=1S/C12H21N3S.ClH/c1-10(12-14-7-8-16-12)15(2)9-11-3-5-13-6-4-11;/h7-8,10-11,13H,3-6,9H2,1-2H3;1H. The Bertz CT molecular complexity index is 299. The first kappa shape index (κ1) is 14.9. The number of nitrogens with zero attached hydrogens (tertiary/aromatic N) is 2. The van der Waals surface area contributed by atoms with Gasteiger partial charge in [-0.3, -0.25) is 4.90 Å². The summed E-state index contributed by atoms with van der Waals surface area (Å²) in [5, 5.41) is 6.71. The van der Waals surface area contributed by atoms with Gasteiger partial charge in [-0.2, -0.15) is 0 Å². The summed E-state index contributed by atoms with van der Waals surface area (Å²) in [6.45, 7) is 5.82. The highest BCUT2D eigenvalue weighted by Crippen LogP contribution is 2.23. The van der Waals surface area contributed by atoms with E-state index in [0.29, 0.717) is 6.04 Å². The molecule has 1 N–H and O–H groups in total. The van der Waals surface area contributed by atoms with Crippen LogP contribution in [0.3, 0.4) is 0 Å². The fourth-order valence-corrected chi connectivity index (χ4v) is 3.02. The second-order valence-electron chi connectivity index (χ2n) is 4.68. The predicted molar refractivity (Wildman–Crippen MR) is 76.0 cm³/mol. The highest BCUT2D eigenvalue weighted by Gasteiger charge is 2.19. The minimum Gasteiger partial charge on any atom is -0.317 e. The number of hydrogen-bond acceptors (Lipinski definition) is 4. The lowest BCUT2D eigenvalue weighted by atomic mass is 9.97. The molecule has 98 valence electrons. The minimum absolute atomic E-state index is 0. The molecular formula is C12H22ClN3S. The Balaban J connectivity index is 0.00000144. The van der Waals surface area contributed by atoms with Gasteiger partial charge in [-0.15, -0.1) is 23.7 Å². The molecule has 0 saturated carbocycles. The number of thiazole rings is 1. The molecular weight excluding hydrogens is 254 g/mol. The maximum Gasteiger partial charge on any atom is 0.109 e. The van der Waals surface area contributed by atoms with Crippen molar-refractivity contribution < 1.29 is 0 Å². The van der Waals surface area contributed by atoms with Crippen molar-refractivity contribution in [1.82, 2.24) is 15.2 Å². The van der Waals surface area contributed by atoms with Crippen LogP contribution in [0.15, 0.2) is 11.6 Å². The van der Waals surface area contributed by atoms with E-state index in [-0.39, 0.29) is 12.4 Å². The van der Waals surface area contributed by atoms with Gasteiger partial charge in [0, 0.05) is 18.1 Å². The lowest BCUT2D eigenvalue weighted by Gasteiger charge is -2.30. The molecule has 0 bridgehead atoms. The predicted octanol–water partition coefficient (Wildman–Crippen LogP) is 2.56. The fourth-order valence-electron chi connectivity index (χ4n) is 2.26. The molecule has 1 unspecified atom stereocenters. The highest BCUT2D eigenvalue weighted by molar-refractivity contribution is 7.09. The molecule has 2 heterocycles. The number of rotatable bonds is 4. The smallest absolute Gasteiger partial charge is 0.109 e. The SMILES string of the molecule is CC(c1nccs1)N(C)CC1CCNCC1.Cl. The van der Waals surface area contributed by atoms with Crippen LogP contribution in [0.2, 0.25) is 0 Å². The topological polar surface area (TPSA) is 28.2 Å². The van der Waals surface area contributed by atoms with Gasteiger partial charge < -0.3 is 5.32 Å². The second kappa shape index (κ2) is 7.31. The van der Waals surface area contributed by atoms with E-state index >= 15 is 0 Å². The first-order chi connectivity index (χ1) is 7.77. The minimum atomic E-state index is 0. The van der Waals surface area contributed by atoms with E-state index in [9.17, 15) is 0 Å². The lowest BCUT2D eigenvalue weighted by Crippen LogP contribution is -2.35. The van der Waals surface area contributed by atoms with Crippen LogP contribution >= 0.6 is 23.7 Å². The van der Waals surface area contributed by atoms with Crippen molar-refractivity contribution >= 4 is 23.7 Å². The molecule has 1 fully saturated rings. The number of piperidine rings is 1. The molecule has 2 rings (SSSR count). The van der Waals surface area contributed by atoms with Crippen molar-refractivity contribution in [3.8, 4) is 0 Å². The van der Waals surface area contributed by atoms with Gasteiger partial charge in [-0.25, -0.2) is 4.98 Å². The van der Waals surface area contributed by atoms with Crippen LogP contribution in [0, 0.1) is 5.92 Å².